The normalized spacial score (nSPS) is 16.8. The Morgan fingerprint density at radius 3 is 2.57 bits per heavy atom. The highest BCUT2D eigenvalue weighted by Crippen LogP contribution is 2.25. The van der Waals surface area contributed by atoms with Crippen molar-refractivity contribution in [2.75, 3.05) is 19.0 Å². The van der Waals surface area contributed by atoms with Gasteiger partial charge in [-0.3, -0.25) is 0 Å². The van der Waals surface area contributed by atoms with Gasteiger partial charge in [-0.2, -0.15) is 0 Å². The quantitative estimate of drug-likeness (QED) is 0.901. The molecule has 1 saturated heterocycles. The molecule has 0 aliphatic carbocycles. The number of hydrogen-bond acceptors (Lipinski definition) is 4. The molecule has 0 unspecified atom stereocenters. The first-order chi connectivity index (χ1) is 9.94. The zero-order chi connectivity index (χ0) is 15.5. The summed E-state index contributed by atoms with van der Waals surface area (Å²) in [4.78, 5) is 11.2. The first-order valence-electron chi connectivity index (χ1n) is 7.10. The molecule has 0 bridgehead atoms. The van der Waals surface area contributed by atoms with Gasteiger partial charge in [0.25, 0.3) is 0 Å². The van der Waals surface area contributed by atoms with Crippen molar-refractivity contribution in [1.29, 1.82) is 0 Å². The minimum Gasteiger partial charge on any atom is -0.478 e. The molecule has 1 aromatic carbocycles. The fourth-order valence-electron chi connectivity index (χ4n) is 2.58. The van der Waals surface area contributed by atoms with Gasteiger partial charge in [0.2, 0.25) is 0 Å². The molecule has 0 atom stereocenters. The summed E-state index contributed by atoms with van der Waals surface area (Å²) < 4.78 is 30.5. The summed E-state index contributed by atoms with van der Waals surface area (Å²) in [5.41, 5.74) is 0.685. The van der Waals surface area contributed by atoms with E-state index in [1.54, 1.807) is 6.07 Å². The van der Waals surface area contributed by atoms with Crippen LogP contribution in [0.4, 0.5) is 0 Å². The highest BCUT2D eigenvalue weighted by atomic mass is 32.2. The second-order valence-corrected chi connectivity index (χ2v) is 7.32. The van der Waals surface area contributed by atoms with Gasteiger partial charge in [0.05, 0.1) is 16.2 Å². The van der Waals surface area contributed by atoms with Crippen molar-refractivity contribution < 1.29 is 23.1 Å². The van der Waals surface area contributed by atoms with E-state index in [2.05, 4.69) is 0 Å². The minimum atomic E-state index is -3.48. The van der Waals surface area contributed by atoms with Crippen LogP contribution in [0.5, 0.6) is 0 Å². The van der Waals surface area contributed by atoms with E-state index in [0.29, 0.717) is 25.2 Å². The minimum absolute atomic E-state index is 0.0118. The highest BCUT2D eigenvalue weighted by Gasteiger charge is 2.25. The van der Waals surface area contributed by atoms with Crippen molar-refractivity contribution >= 4 is 15.8 Å². The van der Waals surface area contributed by atoms with Crippen molar-refractivity contribution in [1.82, 2.24) is 0 Å². The van der Waals surface area contributed by atoms with Gasteiger partial charge in [-0.25, -0.2) is 13.2 Å². The predicted molar refractivity (Wildman–Crippen MR) is 78.4 cm³/mol. The van der Waals surface area contributed by atoms with Crippen LogP contribution in [0.2, 0.25) is 0 Å². The molecule has 21 heavy (non-hydrogen) atoms. The van der Waals surface area contributed by atoms with E-state index in [9.17, 15) is 13.2 Å². The average Bonchev–Trinajstić information content (AvgIpc) is 2.47. The van der Waals surface area contributed by atoms with Crippen molar-refractivity contribution in [3.8, 4) is 0 Å². The number of sulfone groups is 1. The lowest BCUT2D eigenvalue weighted by molar-refractivity contribution is 0.0696. The Labute approximate surface area is 124 Å². The molecule has 1 fully saturated rings. The molecule has 0 radical (unpaired) electrons. The molecule has 0 spiro atoms. The number of aromatic carboxylic acids is 1. The third-order valence-corrected chi connectivity index (χ3v) is 5.79. The largest absolute Gasteiger partial charge is 0.478 e. The number of ether oxygens (including phenoxy) is 1. The number of carboxylic acid groups (broad SMARTS) is 1. The van der Waals surface area contributed by atoms with Crippen LogP contribution in [0.25, 0.3) is 0 Å². The SMILES string of the molecule is CCc1ccc(C(=O)O)cc1S(=O)(=O)CC1CCOCC1. The van der Waals surface area contributed by atoms with E-state index >= 15 is 0 Å². The van der Waals surface area contributed by atoms with Gasteiger partial charge in [0, 0.05) is 13.2 Å². The summed E-state index contributed by atoms with van der Waals surface area (Å²) in [5.74, 6) is -0.964. The second kappa shape index (κ2) is 6.58. The van der Waals surface area contributed by atoms with Gasteiger partial charge in [-0.1, -0.05) is 13.0 Å². The van der Waals surface area contributed by atoms with Crippen molar-refractivity contribution in [2.45, 2.75) is 31.1 Å². The molecule has 2 rings (SSSR count). The number of aryl methyl sites for hydroxylation is 1. The van der Waals surface area contributed by atoms with E-state index in [1.807, 2.05) is 6.92 Å². The Morgan fingerprint density at radius 1 is 1.33 bits per heavy atom. The number of carbonyl (C=O) groups is 1. The van der Waals surface area contributed by atoms with Crippen LogP contribution in [0.1, 0.15) is 35.7 Å². The molecule has 0 amide bonds. The summed E-state index contributed by atoms with van der Waals surface area (Å²) in [5, 5.41) is 9.05. The Hall–Kier alpha value is -1.40. The Balaban J connectivity index is 2.32. The first kappa shape index (κ1) is 16.0. The van der Waals surface area contributed by atoms with Gasteiger partial charge in [-0.05, 0) is 42.9 Å². The van der Waals surface area contributed by atoms with Crippen LogP contribution < -0.4 is 0 Å². The van der Waals surface area contributed by atoms with Crippen LogP contribution in [-0.4, -0.2) is 38.5 Å². The van der Waals surface area contributed by atoms with Gasteiger partial charge in [0.1, 0.15) is 0 Å². The molecule has 6 heteroatoms. The maximum Gasteiger partial charge on any atom is 0.335 e. The number of carboxylic acids is 1. The second-order valence-electron chi connectivity index (χ2n) is 5.32. The summed E-state index contributed by atoms with van der Waals surface area (Å²) in [6.07, 6.45) is 2.03. The summed E-state index contributed by atoms with van der Waals surface area (Å²) in [7, 11) is -3.48. The molecule has 1 aliphatic rings. The molecule has 0 aromatic heterocycles. The standard InChI is InChI=1S/C15H20O5S/c1-2-12-3-4-13(15(16)17)9-14(12)21(18,19)10-11-5-7-20-8-6-11/h3-4,9,11H,2,5-8,10H2,1H3,(H,16,17). The van der Waals surface area contributed by atoms with Gasteiger partial charge in [0.15, 0.2) is 9.84 Å². The Morgan fingerprint density at radius 2 is 2.00 bits per heavy atom. The molecule has 116 valence electrons. The zero-order valence-electron chi connectivity index (χ0n) is 12.0. The summed E-state index contributed by atoms with van der Waals surface area (Å²) in [6, 6.07) is 4.34. The highest BCUT2D eigenvalue weighted by molar-refractivity contribution is 7.91. The van der Waals surface area contributed by atoms with Crippen LogP contribution in [-0.2, 0) is 21.0 Å². The molecule has 1 heterocycles. The number of rotatable bonds is 5. The smallest absolute Gasteiger partial charge is 0.335 e. The van der Waals surface area contributed by atoms with Crippen LogP contribution in [0, 0.1) is 5.92 Å². The average molecular weight is 312 g/mol. The molecule has 1 aromatic rings. The van der Waals surface area contributed by atoms with Crippen LogP contribution in [0.3, 0.4) is 0 Å². The predicted octanol–water partition coefficient (Wildman–Crippen LogP) is 2.15. The lowest BCUT2D eigenvalue weighted by atomic mass is 10.0. The fourth-order valence-corrected chi connectivity index (χ4v) is 4.63. The van der Waals surface area contributed by atoms with E-state index < -0.39 is 15.8 Å². The van der Waals surface area contributed by atoms with Gasteiger partial charge < -0.3 is 9.84 Å². The third-order valence-electron chi connectivity index (χ3n) is 3.83. The molecular weight excluding hydrogens is 292 g/mol. The maximum atomic E-state index is 12.6. The maximum absolute atomic E-state index is 12.6. The molecule has 5 nitrogen and oxygen atoms in total. The molecule has 1 N–H and O–H groups in total. The molecule has 0 saturated carbocycles. The Bertz CT molecular complexity index is 615. The Kier molecular flexibility index (Phi) is 5.00. The molecule has 1 aliphatic heterocycles. The van der Waals surface area contributed by atoms with E-state index in [-0.39, 0.29) is 22.1 Å². The van der Waals surface area contributed by atoms with Gasteiger partial charge >= 0.3 is 5.97 Å². The number of hydrogen-bond donors (Lipinski definition) is 1. The number of benzene rings is 1. The fraction of sp³-hybridized carbons (Fsp3) is 0.533. The molecular formula is C15H20O5S. The van der Waals surface area contributed by atoms with Crippen LogP contribution >= 0.6 is 0 Å². The van der Waals surface area contributed by atoms with E-state index in [4.69, 9.17) is 9.84 Å². The summed E-state index contributed by atoms with van der Waals surface area (Å²) >= 11 is 0. The monoisotopic (exact) mass is 312 g/mol. The lowest BCUT2D eigenvalue weighted by Gasteiger charge is -2.22. The van der Waals surface area contributed by atoms with Gasteiger partial charge in [-0.15, -0.1) is 0 Å². The third kappa shape index (κ3) is 3.83. The first-order valence-corrected chi connectivity index (χ1v) is 8.76. The van der Waals surface area contributed by atoms with Crippen molar-refractivity contribution in [2.24, 2.45) is 5.92 Å². The summed E-state index contributed by atoms with van der Waals surface area (Å²) in [6.45, 7) is 3.05. The van der Waals surface area contributed by atoms with Crippen molar-refractivity contribution in [3.05, 3.63) is 29.3 Å². The van der Waals surface area contributed by atoms with E-state index in [0.717, 1.165) is 12.8 Å². The van der Waals surface area contributed by atoms with Crippen molar-refractivity contribution in [3.63, 3.8) is 0 Å². The van der Waals surface area contributed by atoms with E-state index in [1.165, 1.54) is 12.1 Å². The topological polar surface area (TPSA) is 80.7 Å². The van der Waals surface area contributed by atoms with Crippen LogP contribution in [0.15, 0.2) is 23.1 Å². The lowest BCUT2D eigenvalue weighted by Crippen LogP contribution is -2.24. The zero-order valence-corrected chi connectivity index (χ0v) is 12.9.